The molecule has 1 rings (SSSR count). The van der Waals surface area contributed by atoms with Crippen LogP contribution in [0.2, 0.25) is 0 Å². The summed E-state index contributed by atoms with van der Waals surface area (Å²) in [6.07, 6.45) is -2.45. The molecular formula is C5H7F2N3S. The Bertz CT molecular complexity index is 202. The van der Waals surface area contributed by atoms with E-state index in [0.29, 0.717) is 0 Å². The second-order valence-corrected chi connectivity index (χ2v) is 2.62. The number of alkyl halides is 2. The third kappa shape index (κ3) is 1.90. The minimum absolute atomic E-state index is 0.0942. The third-order valence-electron chi connectivity index (χ3n) is 1.31. The second-order valence-electron chi connectivity index (χ2n) is 2.01. The van der Waals surface area contributed by atoms with Crippen molar-refractivity contribution in [2.45, 2.75) is 12.3 Å². The molecule has 1 heterocycles. The summed E-state index contributed by atoms with van der Waals surface area (Å²) in [6, 6.07) is 0. The highest BCUT2D eigenvalue weighted by Gasteiger charge is 2.22. The smallest absolute Gasteiger partial charge is 0.248 e. The molecule has 11 heavy (non-hydrogen) atoms. The molecule has 1 unspecified atom stereocenters. The molecular weight excluding hydrogens is 172 g/mol. The highest BCUT2D eigenvalue weighted by molar-refractivity contribution is 7.03. The van der Waals surface area contributed by atoms with Crippen LogP contribution < -0.4 is 5.73 Å². The lowest BCUT2D eigenvalue weighted by molar-refractivity contribution is 0.115. The van der Waals surface area contributed by atoms with Crippen LogP contribution in [0.4, 0.5) is 8.78 Å². The van der Waals surface area contributed by atoms with Crippen LogP contribution in [-0.4, -0.2) is 22.6 Å². The maximum Gasteiger partial charge on any atom is 0.248 e. The molecule has 0 saturated carbocycles. The zero-order valence-electron chi connectivity index (χ0n) is 5.58. The van der Waals surface area contributed by atoms with Crippen LogP contribution in [0.25, 0.3) is 0 Å². The first-order valence-corrected chi connectivity index (χ1v) is 3.84. The van der Waals surface area contributed by atoms with Crippen molar-refractivity contribution in [3.8, 4) is 0 Å². The fourth-order valence-corrected chi connectivity index (χ4v) is 1.20. The number of hydrogen-bond donors (Lipinski definition) is 1. The van der Waals surface area contributed by atoms with E-state index in [-0.39, 0.29) is 12.2 Å². The summed E-state index contributed by atoms with van der Waals surface area (Å²) in [6.45, 7) is -0.0942. The first kappa shape index (κ1) is 8.48. The van der Waals surface area contributed by atoms with Gasteiger partial charge in [0.2, 0.25) is 6.43 Å². The number of aromatic nitrogens is 2. The van der Waals surface area contributed by atoms with Gasteiger partial charge < -0.3 is 5.73 Å². The van der Waals surface area contributed by atoms with Crippen molar-refractivity contribution in [3.63, 3.8) is 0 Å². The van der Waals surface area contributed by atoms with Crippen LogP contribution in [-0.2, 0) is 0 Å². The first-order chi connectivity index (χ1) is 5.25. The molecule has 0 fully saturated rings. The summed E-state index contributed by atoms with van der Waals surface area (Å²) < 4.78 is 27.7. The molecule has 3 nitrogen and oxygen atoms in total. The first-order valence-electron chi connectivity index (χ1n) is 3.01. The zero-order valence-corrected chi connectivity index (χ0v) is 6.39. The van der Waals surface area contributed by atoms with Gasteiger partial charge in [-0.15, -0.1) is 5.10 Å². The highest BCUT2D eigenvalue weighted by Crippen LogP contribution is 2.20. The Hall–Kier alpha value is -0.620. The number of halogens is 2. The van der Waals surface area contributed by atoms with Gasteiger partial charge in [-0.05, 0) is 11.5 Å². The zero-order chi connectivity index (χ0) is 8.27. The molecule has 1 aromatic heterocycles. The normalized spacial score (nSPS) is 13.8. The van der Waals surface area contributed by atoms with E-state index in [9.17, 15) is 8.78 Å². The average Bonchev–Trinajstić information content (AvgIpc) is 2.40. The molecule has 62 valence electrons. The van der Waals surface area contributed by atoms with E-state index < -0.39 is 12.3 Å². The molecule has 0 aliphatic carbocycles. The van der Waals surface area contributed by atoms with Crippen LogP contribution in [0.15, 0.2) is 5.38 Å². The van der Waals surface area contributed by atoms with Gasteiger partial charge in [0.1, 0.15) is 0 Å². The van der Waals surface area contributed by atoms with E-state index in [4.69, 9.17) is 5.73 Å². The molecule has 0 aliphatic heterocycles. The van der Waals surface area contributed by atoms with E-state index in [1.165, 1.54) is 5.38 Å². The van der Waals surface area contributed by atoms with Crippen LogP contribution in [0.3, 0.4) is 0 Å². The minimum atomic E-state index is -2.45. The fourth-order valence-electron chi connectivity index (χ4n) is 0.686. The largest absolute Gasteiger partial charge is 0.330 e. The Morgan fingerprint density at radius 3 is 2.73 bits per heavy atom. The van der Waals surface area contributed by atoms with Crippen LogP contribution in [0.5, 0.6) is 0 Å². The second kappa shape index (κ2) is 3.68. The summed E-state index contributed by atoms with van der Waals surface area (Å²) in [5.41, 5.74) is 5.41. The number of nitrogens with two attached hydrogens (primary N) is 1. The summed E-state index contributed by atoms with van der Waals surface area (Å²) in [4.78, 5) is 0. The highest BCUT2D eigenvalue weighted by atomic mass is 32.1. The quantitative estimate of drug-likeness (QED) is 0.748. The maximum atomic E-state index is 12.1. The molecule has 0 amide bonds. The molecule has 1 atom stereocenters. The van der Waals surface area contributed by atoms with Gasteiger partial charge in [0.25, 0.3) is 0 Å². The van der Waals surface area contributed by atoms with Crippen LogP contribution >= 0.6 is 11.5 Å². The summed E-state index contributed by atoms with van der Waals surface area (Å²) in [5.74, 6) is -0.964. The Balaban J connectivity index is 2.71. The van der Waals surface area contributed by atoms with E-state index in [1.54, 1.807) is 0 Å². The molecule has 2 N–H and O–H groups in total. The summed E-state index contributed by atoms with van der Waals surface area (Å²) in [7, 11) is 0. The van der Waals surface area contributed by atoms with Gasteiger partial charge in [-0.1, -0.05) is 4.49 Å². The van der Waals surface area contributed by atoms with Crippen molar-refractivity contribution in [1.82, 2.24) is 9.59 Å². The topological polar surface area (TPSA) is 51.8 Å². The van der Waals surface area contributed by atoms with Crippen molar-refractivity contribution < 1.29 is 8.78 Å². The van der Waals surface area contributed by atoms with Crippen molar-refractivity contribution in [3.05, 3.63) is 11.1 Å². The Morgan fingerprint density at radius 2 is 2.36 bits per heavy atom. The fraction of sp³-hybridized carbons (Fsp3) is 0.600. The average molecular weight is 179 g/mol. The van der Waals surface area contributed by atoms with Crippen LogP contribution in [0, 0.1) is 0 Å². The molecule has 0 bridgehead atoms. The number of nitrogens with zero attached hydrogens (tertiary/aromatic N) is 2. The van der Waals surface area contributed by atoms with Gasteiger partial charge in [-0.2, -0.15) is 0 Å². The third-order valence-corrected chi connectivity index (χ3v) is 1.84. The van der Waals surface area contributed by atoms with Crippen molar-refractivity contribution in [2.75, 3.05) is 6.54 Å². The Morgan fingerprint density at radius 1 is 1.64 bits per heavy atom. The van der Waals surface area contributed by atoms with Gasteiger partial charge in [-0.25, -0.2) is 8.78 Å². The molecule has 1 aromatic rings. The van der Waals surface area contributed by atoms with Gasteiger partial charge >= 0.3 is 0 Å². The SMILES string of the molecule is NCC(c1csnn1)C(F)F. The standard InChI is InChI=1S/C5H7F2N3S/c6-5(7)3(1-8)4-2-11-10-9-4/h2-3,5H,1,8H2. The molecule has 0 aliphatic rings. The van der Waals surface area contributed by atoms with E-state index in [2.05, 4.69) is 9.59 Å². The predicted octanol–water partition coefficient (Wildman–Crippen LogP) is 0.846. The lowest BCUT2D eigenvalue weighted by atomic mass is 10.1. The molecule has 6 heteroatoms. The molecule has 0 aromatic carbocycles. The van der Waals surface area contributed by atoms with Gasteiger partial charge in [-0.3, -0.25) is 0 Å². The summed E-state index contributed by atoms with van der Waals surface area (Å²) >= 11 is 1.05. The molecule has 0 spiro atoms. The van der Waals surface area contributed by atoms with Crippen molar-refractivity contribution in [1.29, 1.82) is 0 Å². The molecule has 0 radical (unpaired) electrons. The number of hydrogen-bond acceptors (Lipinski definition) is 4. The predicted molar refractivity (Wildman–Crippen MR) is 37.7 cm³/mol. The lowest BCUT2D eigenvalue weighted by Crippen LogP contribution is -2.19. The van der Waals surface area contributed by atoms with Gasteiger partial charge in [0.05, 0.1) is 11.6 Å². The lowest BCUT2D eigenvalue weighted by Gasteiger charge is -2.08. The Labute approximate surface area is 66.4 Å². The van der Waals surface area contributed by atoms with E-state index >= 15 is 0 Å². The van der Waals surface area contributed by atoms with Crippen molar-refractivity contribution >= 4 is 11.5 Å². The Kier molecular flexibility index (Phi) is 2.84. The van der Waals surface area contributed by atoms with E-state index in [0.717, 1.165) is 11.5 Å². The molecule has 0 saturated heterocycles. The van der Waals surface area contributed by atoms with Crippen LogP contribution in [0.1, 0.15) is 11.6 Å². The van der Waals surface area contributed by atoms with E-state index in [1.807, 2.05) is 0 Å². The number of rotatable bonds is 3. The van der Waals surface area contributed by atoms with Gasteiger partial charge in [0, 0.05) is 11.9 Å². The monoisotopic (exact) mass is 179 g/mol. The van der Waals surface area contributed by atoms with Crippen molar-refractivity contribution in [2.24, 2.45) is 5.73 Å². The minimum Gasteiger partial charge on any atom is -0.330 e. The maximum absolute atomic E-state index is 12.1. The van der Waals surface area contributed by atoms with Gasteiger partial charge in [0.15, 0.2) is 0 Å². The summed E-state index contributed by atoms with van der Waals surface area (Å²) in [5, 5.41) is 5.01.